The maximum Gasteiger partial charge on any atom is 0.250 e. The smallest absolute Gasteiger partial charge is 0.250 e. The lowest BCUT2D eigenvalue weighted by atomic mass is 10.1. The minimum absolute atomic E-state index is 0.119. The van der Waals surface area contributed by atoms with Crippen LogP contribution in [0.15, 0.2) is 85.1 Å². The van der Waals surface area contributed by atoms with Gasteiger partial charge in [-0.25, -0.2) is 9.97 Å². The number of aryl methyl sites for hydroxylation is 1. The molecule has 3 aromatic carbocycles. The zero-order valence-corrected chi connectivity index (χ0v) is 24.7. The maximum absolute atomic E-state index is 13.0. The molecular weight excluding hydrogens is 498 g/mol. The number of amides is 1. The summed E-state index contributed by atoms with van der Waals surface area (Å²) in [5, 5.41) is 3.09. The summed E-state index contributed by atoms with van der Waals surface area (Å²) >= 11 is 0. The number of rotatable bonds is 8. The van der Waals surface area contributed by atoms with Gasteiger partial charge in [0.15, 0.2) is 5.82 Å². The molecule has 1 amide bonds. The molecule has 6 heteroatoms. The average Bonchev–Trinajstić information content (AvgIpc) is 2.89. The highest BCUT2D eigenvalue weighted by Crippen LogP contribution is 2.37. The number of carbonyl (C=O) groups is 1. The Kier molecular flexibility index (Phi) is 8.46. The van der Waals surface area contributed by atoms with E-state index in [9.17, 15) is 4.79 Å². The summed E-state index contributed by atoms with van der Waals surface area (Å²) in [6.07, 6.45) is 5.79. The zero-order chi connectivity index (χ0) is 28.0. The Bertz CT molecular complexity index is 1440. The first-order valence-electron chi connectivity index (χ1n) is 13.3. The van der Waals surface area contributed by atoms with Crippen molar-refractivity contribution >= 4 is 32.2 Å². The van der Waals surface area contributed by atoms with Crippen molar-refractivity contribution in [2.75, 3.05) is 5.32 Å². The van der Waals surface area contributed by atoms with Crippen molar-refractivity contribution < 1.29 is 9.22 Å². The topological polar surface area (TPSA) is 64.1 Å². The predicted molar refractivity (Wildman–Crippen MR) is 164 cm³/mol. The molecule has 200 valence electrons. The number of hydrogen-bond donors (Lipinski definition) is 1. The zero-order valence-electron chi connectivity index (χ0n) is 23.7. The van der Waals surface area contributed by atoms with Crippen molar-refractivity contribution in [1.29, 1.82) is 0 Å². The van der Waals surface area contributed by atoms with Crippen LogP contribution in [0.5, 0.6) is 5.75 Å². The quantitative estimate of drug-likeness (QED) is 0.231. The summed E-state index contributed by atoms with van der Waals surface area (Å²) in [5.74, 6) is 1.12. The highest BCUT2D eigenvalue weighted by Gasteiger charge is 2.38. The average molecular weight is 536 g/mol. The van der Waals surface area contributed by atoms with Crippen LogP contribution < -0.4 is 9.74 Å². The Hall–Kier alpha value is -4.03. The molecule has 4 rings (SSSR count). The van der Waals surface area contributed by atoms with Gasteiger partial charge in [-0.05, 0) is 54.4 Å². The molecule has 0 atom stereocenters. The molecule has 0 saturated carbocycles. The minimum atomic E-state index is -1.92. The summed E-state index contributed by atoms with van der Waals surface area (Å²) in [4.78, 5) is 22.4. The normalized spacial score (nSPS) is 11.9. The molecule has 0 fully saturated rings. The van der Waals surface area contributed by atoms with Gasteiger partial charge in [0.25, 0.3) is 0 Å². The van der Waals surface area contributed by atoms with E-state index in [1.807, 2.05) is 78.9 Å². The number of aromatic nitrogens is 2. The van der Waals surface area contributed by atoms with E-state index in [1.165, 1.54) is 5.56 Å². The summed E-state index contributed by atoms with van der Waals surface area (Å²) in [7, 11) is -1.92. The standard InChI is InChI=1S/C33H37N3O2Si/c1-24-12-17-27(18-13-24)30-23-34-32(29(35-30)21-16-25-10-8-7-9-11-25)36-31(37)22-26-14-19-28(20-15-26)38-39(5,6)33(2,3)4/h7-21,23H,22H2,1-6H3,(H,34,36,37)/b21-16+. The van der Waals surface area contributed by atoms with Crippen LogP contribution in [0.4, 0.5) is 5.82 Å². The fraction of sp³-hybridized carbons (Fsp3) is 0.242. The number of nitrogens with one attached hydrogen (secondary N) is 1. The molecule has 0 spiro atoms. The fourth-order valence-electron chi connectivity index (χ4n) is 3.70. The maximum atomic E-state index is 13.0. The van der Waals surface area contributed by atoms with Crippen LogP contribution in [0.3, 0.4) is 0 Å². The molecule has 0 bridgehead atoms. The van der Waals surface area contributed by atoms with E-state index in [-0.39, 0.29) is 17.4 Å². The van der Waals surface area contributed by atoms with E-state index >= 15 is 0 Å². The van der Waals surface area contributed by atoms with Gasteiger partial charge in [-0.15, -0.1) is 0 Å². The summed E-state index contributed by atoms with van der Waals surface area (Å²) in [6.45, 7) is 13.2. The van der Waals surface area contributed by atoms with E-state index in [0.717, 1.165) is 28.1 Å². The second-order valence-electron chi connectivity index (χ2n) is 11.3. The molecule has 1 N–H and O–H groups in total. The molecule has 0 aliphatic carbocycles. The van der Waals surface area contributed by atoms with E-state index in [2.05, 4.69) is 63.2 Å². The highest BCUT2D eigenvalue weighted by atomic mass is 28.4. The van der Waals surface area contributed by atoms with Gasteiger partial charge in [0.2, 0.25) is 14.2 Å². The number of carbonyl (C=O) groups excluding carboxylic acids is 1. The first kappa shape index (κ1) is 28.0. The SMILES string of the molecule is Cc1ccc(-c2cnc(NC(=O)Cc3ccc(O[Si](C)(C)C(C)(C)C)cc3)c(/C=C/c3ccccc3)n2)cc1. The van der Waals surface area contributed by atoms with Crippen LogP contribution >= 0.6 is 0 Å². The van der Waals surface area contributed by atoms with Gasteiger partial charge in [-0.2, -0.15) is 0 Å². The third-order valence-corrected chi connectivity index (χ3v) is 11.5. The second-order valence-corrected chi connectivity index (χ2v) is 16.1. The number of hydrogen-bond acceptors (Lipinski definition) is 4. The molecular formula is C33H37N3O2Si. The van der Waals surface area contributed by atoms with Gasteiger partial charge in [-0.1, -0.05) is 99.1 Å². The third kappa shape index (κ3) is 7.51. The Labute approximate surface area is 233 Å². The highest BCUT2D eigenvalue weighted by molar-refractivity contribution is 6.74. The lowest BCUT2D eigenvalue weighted by Crippen LogP contribution is -2.43. The van der Waals surface area contributed by atoms with Gasteiger partial charge in [-0.3, -0.25) is 4.79 Å². The van der Waals surface area contributed by atoms with Crippen LogP contribution in [0.2, 0.25) is 18.1 Å². The molecule has 5 nitrogen and oxygen atoms in total. The van der Waals surface area contributed by atoms with Gasteiger partial charge >= 0.3 is 0 Å². The molecule has 0 radical (unpaired) electrons. The lowest BCUT2D eigenvalue weighted by Gasteiger charge is -2.36. The molecule has 1 aromatic heterocycles. The van der Waals surface area contributed by atoms with E-state index in [0.29, 0.717) is 11.5 Å². The summed E-state index contributed by atoms with van der Waals surface area (Å²) in [5.41, 5.74) is 5.44. The Balaban J connectivity index is 1.52. The molecule has 4 aromatic rings. The van der Waals surface area contributed by atoms with Crippen molar-refractivity contribution in [2.24, 2.45) is 0 Å². The molecule has 39 heavy (non-hydrogen) atoms. The second kappa shape index (κ2) is 11.8. The molecule has 1 heterocycles. The Morgan fingerprint density at radius 3 is 2.23 bits per heavy atom. The molecule has 0 aliphatic heterocycles. The third-order valence-electron chi connectivity index (χ3n) is 7.11. The van der Waals surface area contributed by atoms with E-state index < -0.39 is 8.32 Å². The van der Waals surface area contributed by atoms with E-state index in [4.69, 9.17) is 9.41 Å². The van der Waals surface area contributed by atoms with Crippen LogP contribution in [0, 0.1) is 6.92 Å². The van der Waals surface area contributed by atoms with E-state index in [1.54, 1.807) is 6.20 Å². The van der Waals surface area contributed by atoms with Gasteiger partial charge < -0.3 is 9.74 Å². The fourth-order valence-corrected chi connectivity index (χ4v) is 4.73. The van der Waals surface area contributed by atoms with Crippen molar-refractivity contribution in [3.05, 3.63) is 107 Å². The van der Waals surface area contributed by atoms with Crippen LogP contribution in [-0.2, 0) is 11.2 Å². The molecule has 0 aliphatic rings. The summed E-state index contributed by atoms with van der Waals surface area (Å²) in [6, 6.07) is 25.9. The number of nitrogens with zero attached hydrogens (tertiary/aromatic N) is 2. The predicted octanol–water partition coefficient (Wildman–Crippen LogP) is 8.19. The van der Waals surface area contributed by atoms with Gasteiger partial charge in [0, 0.05) is 5.56 Å². The van der Waals surface area contributed by atoms with Crippen LogP contribution in [0.1, 0.15) is 43.2 Å². The minimum Gasteiger partial charge on any atom is -0.544 e. The van der Waals surface area contributed by atoms with Crippen LogP contribution in [0.25, 0.3) is 23.4 Å². The van der Waals surface area contributed by atoms with Crippen molar-refractivity contribution in [3.63, 3.8) is 0 Å². The number of benzene rings is 3. The van der Waals surface area contributed by atoms with Crippen molar-refractivity contribution in [3.8, 4) is 17.0 Å². The largest absolute Gasteiger partial charge is 0.544 e. The van der Waals surface area contributed by atoms with Crippen molar-refractivity contribution in [2.45, 2.75) is 52.2 Å². The number of anilines is 1. The Morgan fingerprint density at radius 2 is 1.59 bits per heavy atom. The first-order chi connectivity index (χ1) is 18.5. The lowest BCUT2D eigenvalue weighted by molar-refractivity contribution is -0.115. The van der Waals surface area contributed by atoms with Gasteiger partial charge in [0.05, 0.1) is 18.3 Å². The molecule has 0 saturated heterocycles. The van der Waals surface area contributed by atoms with Crippen LogP contribution in [-0.4, -0.2) is 24.2 Å². The Morgan fingerprint density at radius 1 is 0.923 bits per heavy atom. The molecule has 0 unspecified atom stereocenters. The van der Waals surface area contributed by atoms with Gasteiger partial charge in [0.1, 0.15) is 11.4 Å². The van der Waals surface area contributed by atoms with Crippen molar-refractivity contribution in [1.82, 2.24) is 9.97 Å². The summed E-state index contributed by atoms with van der Waals surface area (Å²) < 4.78 is 6.37. The first-order valence-corrected chi connectivity index (χ1v) is 16.2. The monoisotopic (exact) mass is 535 g/mol.